The predicted octanol–water partition coefficient (Wildman–Crippen LogP) is 3.04. The van der Waals surface area contributed by atoms with Crippen LogP contribution in [0, 0.1) is 5.82 Å². The third-order valence-electron chi connectivity index (χ3n) is 2.64. The molecule has 0 aliphatic carbocycles. The van der Waals surface area contributed by atoms with E-state index in [1.54, 1.807) is 24.3 Å². The highest BCUT2D eigenvalue weighted by Gasteiger charge is 2.09. The molecule has 2 rings (SSSR count). The van der Waals surface area contributed by atoms with Crippen molar-refractivity contribution in [3.8, 4) is 5.75 Å². The van der Waals surface area contributed by atoms with Crippen molar-refractivity contribution in [3.05, 3.63) is 59.4 Å². The fourth-order valence-corrected chi connectivity index (χ4v) is 1.81. The van der Waals surface area contributed by atoms with E-state index in [4.69, 9.17) is 21.1 Å². The van der Waals surface area contributed by atoms with Crippen LogP contribution in [-0.4, -0.2) is 25.1 Å². The van der Waals surface area contributed by atoms with Gasteiger partial charge in [-0.1, -0.05) is 17.7 Å². The Morgan fingerprint density at radius 2 is 1.83 bits per heavy atom. The van der Waals surface area contributed by atoms with Gasteiger partial charge in [0.15, 0.2) is 13.2 Å². The lowest BCUT2D eigenvalue weighted by Gasteiger charge is -2.08. The van der Waals surface area contributed by atoms with Crippen molar-refractivity contribution in [2.45, 2.75) is 0 Å². The summed E-state index contributed by atoms with van der Waals surface area (Å²) in [4.78, 5) is 23.1. The monoisotopic (exact) mass is 337 g/mol. The van der Waals surface area contributed by atoms with Crippen LogP contribution < -0.4 is 10.1 Å². The zero-order chi connectivity index (χ0) is 16.7. The van der Waals surface area contributed by atoms with Crippen molar-refractivity contribution in [3.63, 3.8) is 0 Å². The summed E-state index contributed by atoms with van der Waals surface area (Å²) in [5.74, 6) is -1.29. The first-order chi connectivity index (χ1) is 11.0. The van der Waals surface area contributed by atoms with Gasteiger partial charge in [0.05, 0.1) is 0 Å². The van der Waals surface area contributed by atoms with Crippen LogP contribution in [-0.2, 0) is 14.3 Å². The van der Waals surface area contributed by atoms with Gasteiger partial charge in [0, 0.05) is 10.7 Å². The zero-order valence-corrected chi connectivity index (χ0v) is 12.7. The number of hydrogen-bond donors (Lipinski definition) is 1. The quantitative estimate of drug-likeness (QED) is 0.823. The van der Waals surface area contributed by atoms with Crippen LogP contribution in [0.15, 0.2) is 48.5 Å². The summed E-state index contributed by atoms with van der Waals surface area (Å²) in [5, 5.41) is 3.01. The molecule has 1 amide bonds. The minimum atomic E-state index is -0.712. The van der Waals surface area contributed by atoms with Crippen LogP contribution in [0.25, 0.3) is 0 Å². The smallest absolute Gasteiger partial charge is 0.344 e. The van der Waals surface area contributed by atoms with Gasteiger partial charge in [0.1, 0.15) is 11.6 Å². The van der Waals surface area contributed by atoms with Crippen molar-refractivity contribution in [1.29, 1.82) is 0 Å². The first-order valence-corrected chi connectivity index (χ1v) is 7.00. The zero-order valence-electron chi connectivity index (χ0n) is 11.9. The van der Waals surface area contributed by atoms with Crippen molar-refractivity contribution in [2.24, 2.45) is 0 Å². The van der Waals surface area contributed by atoms with Gasteiger partial charge in [-0.05, 0) is 42.5 Å². The summed E-state index contributed by atoms with van der Waals surface area (Å²) >= 11 is 5.79. The second-order valence-electron chi connectivity index (χ2n) is 4.46. The molecule has 0 saturated carbocycles. The molecule has 0 spiro atoms. The fourth-order valence-electron chi connectivity index (χ4n) is 1.62. The van der Waals surface area contributed by atoms with E-state index >= 15 is 0 Å². The fraction of sp³-hybridized carbons (Fsp3) is 0.125. The van der Waals surface area contributed by atoms with Gasteiger partial charge in [0.2, 0.25) is 0 Å². The number of anilines is 1. The average Bonchev–Trinajstić information content (AvgIpc) is 2.52. The van der Waals surface area contributed by atoms with E-state index in [9.17, 15) is 14.0 Å². The molecule has 2 aromatic rings. The van der Waals surface area contributed by atoms with Crippen LogP contribution in [0.1, 0.15) is 0 Å². The van der Waals surface area contributed by atoms with E-state index in [1.807, 2.05) is 0 Å². The molecule has 0 fully saturated rings. The molecule has 2 aromatic carbocycles. The summed E-state index contributed by atoms with van der Waals surface area (Å²) in [6.07, 6.45) is 0. The van der Waals surface area contributed by atoms with Gasteiger partial charge < -0.3 is 14.8 Å². The Morgan fingerprint density at radius 3 is 2.52 bits per heavy atom. The number of benzene rings is 2. The topological polar surface area (TPSA) is 64.6 Å². The normalized spacial score (nSPS) is 10.0. The van der Waals surface area contributed by atoms with Crippen molar-refractivity contribution in [1.82, 2.24) is 0 Å². The van der Waals surface area contributed by atoms with Crippen molar-refractivity contribution >= 4 is 29.2 Å². The number of amides is 1. The Labute approximate surface area is 137 Å². The summed E-state index contributed by atoms with van der Waals surface area (Å²) in [5.41, 5.74) is 0.501. The lowest BCUT2D eigenvalue weighted by Crippen LogP contribution is -2.23. The average molecular weight is 338 g/mol. The SMILES string of the molecule is O=C(COC(=O)COc1ccc(F)cc1)Nc1cccc(Cl)c1. The van der Waals surface area contributed by atoms with Crippen LogP contribution >= 0.6 is 11.6 Å². The first kappa shape index (κ1) is 16.8. The third kappa shape index (κ3) is 5.96. The molecule has 0 saturated heterocycles. The Morgan fingerprint density at radius 1 is 1.09 bits per heavy atom. The van der Waals surface area contributed by atoms with E-state index in [0.29, 0.717) is 16.5 Å². The number of carbonyl (C=O) groups excluding carboxylic acids is 2. The molecule has 0 atom stereocenters. The second kappa shape index (κ2) is 8.14. The van der Waals surface area contributed by atoms with E-state index in [-0.39, 0.29) is 6.61 Å². The Hall–Kier alpha value is -2.60. The molecule has 5 nitrogen and oxygen atoms in total. The molecular formula is C16H13ClFNO4. The van der Waals surface area contributed by atoms with Gasteiger partial charge in [-0.15, -0.1) is 0 Å². The molecule has 0 radical (unpaired) electrons. The minimum absolute atomic E-state index is 0.326. The van der Waals surface area contributed by atoms with Crippen molar-refractivity contribution < 1.29 is 23.5 Å². The number of esters is 1. The third-order valence-corrected chi connectivity index (χ3v) is 2.88. The number of nitrogens with one attached hydrogen (secondary N) is 1. The molecular weight excluding hydrogens is 325 g/mol. The summed E-state index contributed by atoms with van der Waals surface area (Å²) < 4.78 is 22.6. The Bertz CT molecular complexity index is 691. The predicted molar refractivity (Wildman–Crippen MR) is 82.9 cm³/mol. The highest BCUT2D eigenvalue weighted by Crippen LogP contribution is 2.14. The van der Waals surface area contributed by atoms with Gasteiger partial charge in [-0.2, -0.15) is 0 Å². The van der Waals surface area contributed by atoms with E-state index < -0.39 is 24.3 Å². The Kier molecular flexibility index (Phi) is 5.94. The number of hydrogen-bond acceptors (Lipinski definition) is 4. The molecule has 0 aliphatic rings. The summed E-state index contributed by atoms with van der Waals surface area (Å²) in [6, 6.07) is 11.8. The molecule has 0 heterocycles. The molecule has 0 aliphatic heterocycles. The summed E-state index contributed by atoms with van der Waals surface area (Å²) in [6.45, 7) is -0.825. The largest absolute Gasteiger partial charge is 0.482 e. The van der Waals surface area contributed by atoms with Gasteiger partial charge in [-0.25, -0.2) is 9.18 Å². The van der Waals surface area contributed by atoms with Gasteiger partial charge in [-0.3, -0.25) is 4.79 Å². The van der Waals surface area contributed by atoms with Crippen LogP contribution in [0.4, 0.5) is 10.1 Å². The molecule has 7 heteroatoms. The second-order valence-corrected chi connectivity index (χ2v) is 4.90. The van der Waals surface area contributed by atoms with Gasteiger partial charge >= 0.3 is 5.97 Å². The van der Waals surface area contributed by atoms with E-state index in [1.165, 1.54) is 24.3 Å². The van der Waals surface area contributed by atoms with Crippen LogP contribution in [0.3, 0.4) is 0 Å². The van der Waals surface area contributed by atoms with Crippen molar-refractivity contribution in [2.75, 3.05) is 18.5 Å². The van der Waals surface area contributed by atoms with Crippen LogP contribution in [0.2, 0.25) is 5.02 Å². The minimum Gasteiger partial charge on any atom is -0.482 e. The molecule has 0 bridgehead atoms. The Balaban J connectivity index is 1.71. The lowest BCUT2D eigenvalue weighted by atomic mass is 10.3. The lowest BCUT2D eigenvalue weighted by molar-refractivity contribution is -0.149. The number of carbonyl (C=O) groups is 2. The maximum atomic E-state index is 12.7. The van der Waals surface area contributed by atoms with Gasteiger partial charge in [0.25, 0.3) is 5.91 Å². The molecule has 0 aromatic heterocycles. The molecule has 0 unspecified atom stereocenters. The summed E-state index contributed by atoms with van der Waals surface area (Å²) in [7, 11) is 0. The number of halogens is 2. The van der Waals surface area contributed by atoms with Crippen LogP contribution in [0.5, 0.6) is 5.75 Å². The van der Waals surface area contributed by atoms with E-state index in [0.717, 1.165) is 0 Å². The molecule has 1 N–H and O–H groups in total. The maximum absolute atomic E-state index is 12.7. The maximum Gasteiger partial charge on any atom is 0.344 e. The number of rotatable bonds is 6. The molecule has 120 valence electrons. The highest BCUT2D eigenvalue weighted by atomic mass is 35.5. The standard InChI is InChI=1S/C16H13ClFNO4/c17-11-2-1-3-13(8-11)19-15(20)9-23-16(21)10-22-14-6-4-12(18)5-7-14/h1-8H,9-10H2,(H,19,20). The number of ether oxygens (including phenoxy) is 2. The highest BCUT2D eigenvalue weighted by molar-refractivity contribution is 6.30. The van der Waals surface area contributed by atoms with E-state index in [2.05, 4.69) is 5.32 Å². The first-order valence-electron chi connectivity index (χ1n) is 6.62. The molecule has 23 heavy (non-hydrogen) atoms.